The summed E-state index contributed by atoms with van der Waals surface area (Å²) in [6, 6.07) is 14.1. The van der Waals surface area contributed by atoms with E-state index in [2.05, 4.69) is 0 Å². The molecule has 0 aliphatic carbocycles. The van der Waals surface area contributed by atoms with Crippen LogP contribution in [-0.2, 0) is 0 Å². The van der Waals surface area contributed by atoms with Crippen LogP contribution in [0.1, 0.15) is 31.8 Å². The molecule has 0 saturated heterocycles. The third-order valence-corrected chi connectivity index (χ3v) is 5.19. The highest BCUT2D eigenvalue weighted by atomic mass is 16.6. The second kappa shape index (κ2) is 7.56. The van der Waals surface area contributed by atoms with Crippen molar-refractivity contribution in [3.63, 3.8) is 0 Å². The zero-order chi connectivity index (χ0) is 22.3. The molecule has 0 radical (unpaired) electrons. The molecule has 0 N–H and O–H groups in total. The van der Waals surface area contributed by atoms with Crippen LogP contribution in [0.3, 0.4) is 0 Å². The predicted molar refractivity (Wildman–Crippen MR) is 113 cm³/mol. The molecule has 0 atom stereocenters. The Morgan fingerprint density at radius 2 is 1.45 bits per heavy atom. The van der Waals surface area contributed by atoms with Gasteiger partial charge < -0.3 is 9.47 Å². The van der Waals surface area contributed by atoms with Crippen molar-refractivity contribution in [1.82, 2.24) is 0 Å². The molecule has 31 heavy (non-hydrogen) atoms. The molecule has 4 rings (SSSR count). The molecule has 3 aromatic rings. The van der Waals surface area contributed by atoms with Gasteiger partial charge in [0.25, 0.3) is 17.5 Å². The molecule has 0 aromatic heterocycles. The van der Waals surface area contributed by atoms with Crippen LogP contribution < -0.4 is 14.4 Å². The summed E-state index contributed by atoms with van der Waals surface area (Å²) in [4.78, 5) is 37.6. The number of carbonyl (C=O) groups excluding carboxylic acids is 2. The number of nitro groups is 1. The molecule has 1 aliphatic heterocycles. The number of hydrogen-bond acceptors (Lipinski definition) is 6. The maximum Gasteiger partial charge on any atom is 0.297 e. The Morgan fingerprint density at radius 1 is 0.806 bits per heavy atom. The van der Waals surface area contributed by atoms with Crippen LogP contribution in [0.2, 0.25) is 0 Å². The number of amides is 2. The van der Waals surface area contributed by atoms with Gasteiger partial charge in [-0.05, 0) is 67.4 Å². The van der Waals surface area contributed by atoms with Crippen LogP contribution in [0.4, 0.5) is 11.4 Å². The molecule has 0 fully saturated rings. The van der Waals surface area contributed by atoms with Gasteiger partial charge in [-0.25, -0.2) is 4.90 Å². The summed E-state index contributed by atoms with van der Waals surface area (Å²) >= 11 is 0. The van der Waals surface area contributed by atoms with Crippen LogP contribution in [-0.4, -0.2) is 23.8 Å². The van der Waals surface area contributed by atoms with E-state index in [1.54, 1.807) is 6.07 Å². The van der Waals surface area contributed by atoms with Gasteiger partial charge in [0.2, 0.25) is 0 Å². The molecule has 156 valence electrons. The molecule has 3 aromatic carbocycles. The maximum absolute atomic E-state index is 13.0. The van der Waals surface area contributed by atoms with Gasteiger partial charge in [-0.15, -0.1) is 0 Å². The van der Waals surface area contributed by atoms with E-state index in [0.717, 1.165) is 16.0 Å². The molecule has 0 spiro atoms. The minimum absolute atomic E-state index is 0.117. The molecule has 1 aliphatic rings. The van der Waals surface area contributed by atoms with Crippen molar-refractivity contribution in [3.8, 4) is 17.2 Å². The van der Waals surface area contributed by atoms with Crippen molar-refractivity contribution in [3.05, 3.63) is 87.0 Å². The number of nitrogens with zero attached hydrogens (tertiary/aromatic N) is 2. The topological polar surface area (TPSA) is 99.0 Å². The van der Waals surface area contributed by atoms with Crippen molar-refractivity contribution in [2.75, 3.05) is 12.0 Å². The van der Waals surface area contributed by atoms with E-state index in [-0.39, 0.29) is 22.6 Å². The first kappa shape index (κ1) is 20.1. The van der Waals surface area contributed by atoms with Crippen LogP contribution in [0.25, 0.3) is 0 Å². The van der Waals surface area contributed by atoms with Gasteiger partial charge in [0, 0.05) is 0 Å². The average Bonchev–Trinajstić information content (AvgIpc) is 3.00. The highest BCUT2D eigenvalue weighted by Gasteiger charge is 2.40. The first-order valence-corrected chi connectivity index (χ1v) is 9.40. The number of anilines is 1. The van der Waals surface area contributed by atoms with Gasteiger partial charge in [-0.1, -0.05) is 6.07 Å². The van der Waals surface area contributed by atoms with Gasteiger partial charge in [-0.2, -0.15) is 0 Å². The Bertz CT molecular complexity index is 1250. The number of ether oxygens (including phenoxy) is 2. The number of methoxy groups -OCH3 is 1. The van der Waals surface area contributed by atoms with E-state index < -0.39 is 22.4 Å². The Balaban J connectivity index is 1.70. The number of aryl methyl sites for hydroxylation is 2. The molecule has 0 unspecified atom stereocenters. The summed E-state index contributed by atoms with van der Waals surface area (Å²) in [5, 5.41) is 11.5. The monoisotopic (exact) mass is 418 g/mol. The van der Waals surface area contributed by atoms with E-state index in [0.29, 0.717) is 11.5 Å². The SMILES string of the molecule is COc1ccc(N2C(=O)c3ccc(Oc4ccc(C)c(C)c4)cc3C2=O)c([N+](=O)[O-])c1. The van der Waals surface area contributed by atoms with Crippen LogP contribution in [0, 0.1) is 24.0 Å². The minimum atomic E-state index is -0.657. The van der Waals surface area contributed by atoms with Crippen molar-refractivity contribution in [2.45, 2.75) is 13.8 Å². The molecule has 8 heteroatoms. The van der Waals surface area contributed by atoms with Gasteiger partial charge in [0.1, 0.15) is 22.9 Å². The summed E-state index contributed by atoms with van der Waals surface area (Å²) in [6.07, 6.45) is 0. The van der Waals surface area contributed by atoms with Gasteiger partial charge in [-0.3, -0.25) is 19.7 Å². The van der Waals surface area contributed by atoms with E-state index >= 15 is 0 Å². The largest absolute Gasteiger partial charge is 0.496 e. The second-order valence-electron chi connectivity index (χ2n) is 7.11. The molecular formula is C23H18N2O6. The number of nitro benzene ring substituents is 1. The van der Waals surface area contributed by atoms with Crippen molar-refractivity contribution >= 4 is 23.2 Å². The summed E-state index contributed by atoms with van der Waals surface area (Å²) in [5.41, 5.74) is 1.94. The normalized spacial score (nSPS) is 12.7. The first-order valence-electron chi connectivity index (χ1n) is 9.40. The molecular weight excluding hydrogens is 400 g/mol. The second-order valence-corrected chi connectivity index (χ2v) is 7.11. The fourth-order valence-electron chi connectivity index (χ4n) is 3.38. The summed E-state index contributed by atoms with van der Waals surface area (Å²) in [6.45, 7) is 3.96. The minimum Gasteiger partial charge on any atom is -0.496 e. The molecule has 0 saturated carbocycles. The lowest BCUT2D eigenvalue weighted by atomic mass is 10.1. The smallest absolute Gasteiger partial charge is 0.297 e. The molecule has 0 bridgehead atoms. The van der Waals surface area contributed by atoms with Gasteiger partial charge in [0.15, 0.2) is 0 Å². The summed E-state index contributed by atoms with van der Waals surface area (Å²) < 4.78 is 10.9. The Morgan fingerprint density at radius 3 is 2.13 bits per heavy atom. The van der Waals surface area contributed by atoms with Crippen molar-refractivity contribution < 1.29 is 24.0 Å². The van der Waals surface area contributed by atoms with Gasteiger partial charge >= 0.3 is 0 Å². The van der Waals surface area contributed by atoms with E-state index in [4.69, 9.17) is 9.47 Å². The number of carbonyl (C=O) groups is 2. The standard InChI is InChI=1S/C23H18N2O6/c1-13-4-5-16(10-14(13)2)31-17-6-8-18-19(11-17)23(27)24(22(18)26)20-9-7-15(30-3)12-21(20)25(28)29/h4-12H,1-3H3. The number of fused-ring (bicyclic) bond motifs is 1. The van der Waals surface area contributed by atoms with E-state index in [1.165, 1.54) is 37.4 Å². The van der Waals surface area contributed by atoms with E-state index in [1.807, 2.05) is 32.0 Å². The zero-order valence-corrected chi connectivity index (χ0v) is 17.0. The maximum atomic E-state index is 13.0. The number of hydrogen-bond donors (Lipinski definition) is 0. The third kappa shape index (κ3) is 3.48. The lowest BCUT2D eigenvalue weighted by molar-refractivity contribution is -0.384. The van der Waals surface area contributed by atoms with Crippen molar-refractivity contribution in [1.29, 1.82) is 0 Å². The third-order valence-electron chi connectivity index (χ3n) is 5.19. The molecule has 8 nitrogen and oxygen atoms in total. The van der Waals surface area contributed by atoms with E-state index in [9.17, 15) is 19.7 Å². The predicted octanol–water partition coefficient (Wildman–Crippen LogP) is 4.81. The lowest BCUT2D eigenvalue weighted by Crippen LogP contribution is -2.30. The van der Waals surface area contributed by atoms with Crippen LogP contribution in [0.15, 0.2) is 54.6 Å². The summed E-state index contributed by atoms with van der Waals surface area (Å²) in [7, 11) is 1.37. The van der Waals surface area contributed by atoms with Crippen LogP contribution in [0.5, 0.6) is 17.2 Å². The van der Waals surface area contributed by atoms with Gasteiger partial charge in [0.05, 0.1) is 29.2 Å². The quantitative estimate of drug-likeness (QED) is 0.335. The number of rotatable bonds is 5. The number of benzene rings is 3. The lowest BCUT2D eigenvalue weighted by Gasteiger charge is -2.14. The highest BCUT2D eigenvalue weighted by molar-refractivity contribution is 6.35. The van der Waals surface area contributed by atoms with Crippen molar-refractivity contribution in [2.24, 2.45) is 0 Å². The first-order chi connectivity index (χ1) is 14.8. The fraction of sp³-hybridized carbons (Fsp3) is 0.130. The molecule has 1 heterocycles. The summed E-state index contributed by atoms with van der Waals surface area (Å²) in [5.74, 6) is -0.0577. The average molecular weight is 418 g/mol. The highest BCUT2D eigenvalue weighted by Crippen LogP contribution is 2.38. The molecule has 2 amide bonds. The Kier molecular flexibility index (Phi) is 4.90. The Labute approximate surface area is 177 Å². The fourth-order valence-corrected chi connectivity index (χ4v) is 3.38. The zero-order valence-electron chi connectivity index (χ0n) is 17.0. The van der Waals surface area contributed by atoms with Crippen LogP contribution >= 0.6 is 0 Å². The number of imide groups is 1. The Hall–Kier alpha value is -4.20.